The van der Waals surface area contributed by atoms with Gasteiger partial charge >= 0.3 is 0 Å². The molecule has 0 aromatic heterocycles. The molecule has 2 aromatic rings. The van der Waals surface area contributed by atoms with Crippen molar-refractivity contribution >= 4 is 5.91 Å². The van der Waals surface area contributed by atoms with Gasteiger partial charge in [0.05, 0.1) is 12.6 Å². The summed E-state index contributed by atoms with van der Waals surface area (Å²) in [6, 6.07) is 11.9. The second-order valence-corrected chi connectivity index (χ2v) is 7.89. The molecule has 0 saturated heterocycles. The minimum absolute atomic E-state index is 0.114. The van der Waals surface area contributed by atoms with Gasteiger partial charge in [-0.3, -0.25) is 10.1 Å². The number of ether oxygens (including phenoxy) is 2. The number of hydrogen-bond acceptors (Lipinski definition) is 4. The highest BCUT2D eigenvalue weighted by molar-refractivity contribution is 5.78. The Kier molecular flexibility index (Phi) is 5.89. The van der Waals surface area contributed by atoms with E-state index in [9.17, 15) is 9.18 Å². The van der Waals surface area contributed by atoms with Gasteiger partial charge in [0, 0.05) is 5.54 Å². The van der Waals surface area contributed by atoms with Crippen molar-refractivity contribution in [2.24, 2.45) is 5.92 Å². The van der Waals surface area contributed by atoms with E-state index in [4.69, 9.17) is 9.47 Å². The van der Waals surface area contributed by atoms with Gasteiger partial charge in [0.15, 0.2) is 11.5 Å². The first-order valence-corrected chi connectivity index (χ1v) is 9.46. The monoisotopic (exact) mass is 386 g/mol. The van der Waals surface area contributed by atoms with Crippen LogP contribution in [0.1, 0.15) is 44.9 Å². The van der Waals surface area contributed by atoms with Gasteiger partial charge in [-0.1, -0.05) is 32.0 Å². The van der Waals surface area contributed by atoms with Crippen LogP contribution in [0.2, 0.25) is 0 Å². The predicted octanol–water partition coefficient (Wildman–Crippen LogP) is 3.89. The molecule has 2 N–H and O–H groups in total. The molecule has 6 heteroatoms. The molecule has 2 aromatic carbocycles. The van der Waals surface area contributed by atoms with Crippen LogP contribution in [0.25, 0.3) is 0 Å². The molecule has 0 fully saturated rings. The number of carbonyl (C=O) groups is 1. The lowest BCUT2D eigenvalue weighted by Gasteiger charge is -2.28. The van der Waals surface area contributed by atoms with Crippen molar-refractivity contribution in [2.45, 2.75) is 39.3 Å². The Balaban J connectivity index is 1.62. The first-order valence-electron chi connectivity index (χ1n) is 9.46. The molecule has 1 aliphatic heterocycles. The first kappa shape index (κ1) is 20.1. The number of nitrogens with one attached hydrogen (secondary N) is 2. The average molecular weight is 386 g/mol. The number of amides is 1. The zero-order valence-electron chi connectivity index (χ0n) is 16.7. The summed E-state index contributed by atoms with van der Waals surface area (Å²) in [7, 11) is 0. The summed E-state index contributed by atoms with van der Waals surface area (Å²) in [6.07, 6.45) is 0. The van der Waals surface area contributed by atoms with Crippen molar-refractivity contribution in [1.29, 1.82) is 0 Å². The lowest BCUT2D eigenvalue weighted by Crippen LogP contribution is -2.44. The molecular weight excluding hydrogens is 359 g/mol. The van der Waals surface area contributed by atoms with Gasteiger partial charge in [-0.05, 0) is 55.2 Å². The predicted molar refractivity (Wildman–Crippen MR) is 106 cm³/mol. The van der Waals surface area contributed by atoms with Crippen LogP contribution in [0.4, 0.5) is 4.39 Å². The van der Waals surface area contributed by atoms with Crippen molar-refractivity contribution < 1.29 is 18.7 Å². The molecule has 150 valence electrons. The van der Waals surface area contributed by atoms with Crippen molar-refractivity contribution in [2.75, 3.05) is 13.3 Å². The molecule has 1 atom stereocenters. The summed E-state index contributed by atoms with van der Waals surface area (Å²) in [5.74, 6) is 1.22. The Morgan fingerprint density at radius 3 is 2.46 bits per heavy atom. The van der Waals surface area contributed by atoms with Crippen LogP contribution in [0.3, 0.4) is 0 Å². The third-order valence-corrected chi connectivity index (χ3v) is 5.00. The molecule has 0 spiro atoms. The SMILES string of the molecule is CC(C)C(NC(=O)CNC(C)(C)c1ccc2c(c1)OCO2)c1ccc(F)cc1. The van der Waals surface area contributed by atoms with E-state index in [0.29, 0.717) is 5.75 Å². The van der Waals surface area contributed by atoms with E-state index in [1.54, 1.807) is 12.1 Å². The summed E-state index contributed by atoms with van der Waals surface area (Å²) in [5, 5.41) is 6.35. The fourth-order valence-electron chi connectivity index (χ4n) is 3.22. The van der Waals surface area contributed by atoms with Crippen LogP contribution in [0.5, 0.6) is 11.5 Å². The third kappa shape index (κ3) is 4.62. The van der Waals surface area contributed by atoms with Gasteiger partial charge < -0.3 is 14.8 Å². The van der Waals surface area contributed by atoms with E-state index in [-0.39, 0.29) is 37.0 Å². The Morgan fingerprint density at radius 2 is 1.79 bits per heavy atom. The van der Waals surface area contributed by atoms with E-state index in [0.717, 1.165) is 16.9 Å². The molecule has 0 bridgehead atoms. The van der Waals surface area contributed by atoms with Gasteiger partial charge in [-0.25, -0.2) is 4.39 Å². The molecule has 0 radical (unpaired) electrons. The highest BCUT2D eigenvalue weighted by Gasteiger charge is 2.25. The molecule has 5 nitrogen and oxygen atoms in total. The van der Waals surface area contributed by atoms with Gasteiger partial charge in [0.2, 0.25) is 12.7 Å². The Hall–Kier alpha value is -2.60. The van der Waals surface area contributed by atoms with Crippen molar-refractivity contribution in [1.82, 2.24) is 10.6 Å². The topological polar surface area (TPSA) is 59.6 Å². The molecule has 0 saturated carbocycles. The molecule has 28 heavy (non-hydrogen) atoms. The van der Waals surface area contributed by atoms with E-state index < -0.39 is 5.54 Å². The molecular formula is C22H27FN2O3. The zero-order valence-corrected chi connectivity index (χ0v) is 16.7. The van der Waals surface area contributed by atoms with Gasteiger partial charge in [-0.15, -0.1) is 0 Å². The second kappa shape index (κ2) is 8.19. The first-order chi connectivity index (χ1) is 13.3. The van der Waals surface area contributed by atoms with Crippen molar-refractivity contribution in [3.8, 4) is 11.5 Å². The zero-order chi connectivity index (χ0) is 20.3. The maximum Gasteiger partial charge on any atom is 0.234 e. The van der Waals surface area contributed by atoms with Gasteiger partial charge in [0.25, 0.3) is 0 Å². The summed E-state index contributed by atoms with van der Waals surface area (Å²) >= 11 is 0. The summed E-state index contributed by atoms with van der Waals surface area (Å²) in [5.41, 5.74) is 1.46. The van der Waals surface area contributed by atoms with E-state index >= 15 is 0 Å². The Labute approximate surface area is 165 Å². The lowest BCUT2D eigenvalue weighted by molar-refractivity contribution is -0.121. The maximum atomic E-state index is 13.2. The standard InChI is InChI=1S/C22H27FN2O3/c1-14(2)21(15-5-8-17(23)9-6-15)25-20(26)12-24-22(3,4)16-7-10-18-19(11-16)28-13-27-18/h5-11,14,21,24H,12-13H2,1-4H3,(H,25,26). The maximum absolute atomic E-state index is 13.2. The smallest absolute Gasteiger partial charge is 0.234 e. The highest BCUT2D eigenvalue weighted by atomic mass is 19.1. The highest BCUT2D eigenvalue weighted by Crippen LogP contribution is 2.35. The number of benzene rings is 2. The molecule has 3 rings (SSSR count). The Bertz CT molecular complexity index is 834. The van der Waals surface area contributed by atoms with Crippen LogP contribution in [-0.2, 0) is 10.3 Å². The largest absolute Gasteiger partial charge is 0.454 e. The number of carbonyl (C=O) groups excluding carboxylic acids is 1. The van der Waals surface area contributed by atoms with Crippen LogP contribution in [0.15, 0.2) is 42.5 Å². The minimum atomic E-state index is -0.429. The van der Waals surface area contributed by atoms with E-state index in [2.05, 4.69) is 10.6 Å². The van der Waals surface area contributed by atoms with Crippen LogP contribution >= 0.6 is 0 Å². The Morgan fingerprint density at radius 1 is 1.11 bits per heavy atom. The van der Waals surface area contributed by atoms with E-state index in [1.165, 1.54) is 12.1 Å². The summed E-state index contributed by atoms with van der Waals surface area (Å²) in [6.45, 7) is 8.47. The fourth-order valence-corrected chi connectivity index (χ4v) is 3.22. The number of rotatable bonds is 7. The minimum Gasteiger partial charge on any atom is -0.454 e. The normalized spacial score (nSPS) is 14.2. The number of hydrogen-bond donors (Lipinski definition) is 2. The van der Waals surface area contributed by atoms with Crippen LogP contribution in [-0.4, -0.2) is 19.2 Å². The summed E-state index contributed by atoms with van der Waals surface area (Å²) < 4.78 is 24.0. The van der Waals surface area contributed by atoms with Crippen molar-refractivity contribution in [3.05, 3.63) is 59.4 Å². The molecule has 1 amide bonds. The average Bonchev–Trinajstić information content (AvgIpc) is 3.13. The van der Waals surface area contributed by atoms with Crippen LogP contribution < -0.4 is 20.1 Å². The van der Waals surface area contributed by atoms with Crippen LogP contribution in [0, 0.1) is 11.7 Å². The number of fused-ring (bicyclic) bond motifs is 1. The number of halogens is 1. The summed E-state index contributed by atoms with van der Waals surface area (Å²) in [4.78, 5) is 12.6. The quantitative estimate of drug-likeness (QED) is 0.758. The van der Waals surface area contributed by atoms with Gasteiger partial charge in [0.1, 0.15) is 5.82 Å². The molecule has 1 aliphatic rings. The lowest BCUT2D eigenvalue weighted by atomic mass is 9.93. The van der Waals surface area contributed by atoms with Crippen molar-refractivity contribution in [3.63, 3.8) is 0 Å². The third-order valence-electron chi connectivity index (χ3n) is 5.00. The second-order valence-electron chi connectivity index (χ2n) is 7.89. The van der Waals surface area contributed by atoms with E-state index in [1.807, 2.05) is 45.9 Å². The molecule has 1 unspecified atom stereocenters. The molecule has 0 aliphatic carbocycles. The molecule has 1 heterocycles. The van der Waals surface area contributed by atoms with Gasteiger partial charge in [-0.2, -0.15) is 0 Å². The fraction of sp³-hybridized carbons (Fsp3) is 0.409.